The molecule has 284 valence electrons. The second-order valence-corrected chi connectivity index (χ2v) is 11.4. The molecule has 0 atom stereocenters. The molecule has 0 aromatic carbocycles. The van der Waals surface area contributed by atoms with Gasteiger partial charge in [0.25, 0.3) is 0 Å². The predicted octanol–water partition coefficient (Wildman–Crippen LogP) is 4.24. The summed E-state index contributed by atoms with van der Waals surface area (Å²) in [4.78, 5) is 37.1. The van der Waals surface area contributed by atoms with Crippen molar-refractivity contribution in [3.63, 3.8) is 0 Å². The Morgan fingerprint density at radius 2 is 1.32 bits per heavy atom. The molecule has 22 heteroatoms. The third kappa shape index (κ3) is 11.9. The lowest BCUT2D eigenvalue weighted by Crippen LogP contribution is -2.58. The highest BCUT2D eigenvalue weighted by molar-refractivity contribution is 5.73. The number of hydrogen-bond donors (Lipinski definition) is 3. The second-order valence-electron chi connectivity index (χ2n) is 11.4. The summed E-state index contributed by atoms with van der Waals surface area (Å²) >= 11 is 0. The molecule has 0 amide bonds. The molecule has 13 nitrogen and oxygen atoms in total. The Hall–Kier alpha value is -3.92. The number of fused-ring (bicyclic) bond motifs is 2. The van der Waals surface area contributed by atoms with Crippen LogP contribution in [0.4, 0.5) is 39.5 Å². The molecule has 1 spiro atoms. The summed E-state index contributed by atoms with van der Waals surface area (Å²) < 4.78 is 105. The van der Waals surface area contributed by atoms with Crippen LogP contribution in [0.2, 0.25) is 0 Å². The van der Waals surface area contributed by atoms with Gasteiger partial charge in [0.2, 0.25) is 0 Å². The summed E-state index contributed by atoms with van der Waals surface area (Å²) in [5.74, 6) is -6.19. The molecular weight excluding hydrogens is 703 g/mol. The summed E-state index contributed by atoms with van der Waals surface area (Å²) in [5.41, 5.74) is 2.47. The van der Waals surface area contributed by atoms with Crippen molar-refractivity contribution in [2.24, 2.45) is 13.0 Å². The van der Waals surface area contributed by atoms with Gasteiger partial charge in [0.15, 0.2) is 0 Å². The van der Waals surface area contributed by atoms with Crippen LogP contribution < -0.4 is 0 Å². The van der Waals surface area contributed by atoms with Gasteiger partial charge in [-0.15, -0.1) is 0 Å². The summed E-state index contributed by atoms with van der Waals surface area (Å²) in [6.07, 6.45) is -4.33. The predicted molar refractivity (Wildman–Crippen MR) is 154 cm³/mol. The largest absolute Gasteiger partial charge is 0.490 e. The van der Waals surface area contributed by atoms with E-state index in [4.69, 9.17) is 39.4 Å². The lowest BCUT2D eigenvalue weighted by atomic mass is 9.82. The average Bonchev–Trinajstić information content (AvgIpc) is 3.65. The van der Waals surface area contributed by atoms with Crippen LogP contribution in [0.25, 0.3) is 11.3 Å². The van der Waals surface area contributed by atoms with E-state index >= 15 is 0 Å². The smallest absolute Gasteiger partial charge is 0.475 e. The zero-order chi connectivity index (χ0) is 38.1. The van der Waals surface area contributed by atoms with Crippen LogP contribution in [0, 0.1) is 5.92 Å². The Labute approximate surface area is 279 Å². The number of hydrogen-bond acceptors (Lipinski definition) is 8. The van der Waals surface area contributed by atoms with Crippen molar-refractivity contribution < 1.29 is 74.0 Å². The quantitative estimate of drug-likeness (QED) is 0.385. The molecule has 0 radical (unpaired) electrons. The monoisotopic (exact) mass is 740 g/mol. The number of nitrogens with zero attached hydrogens (tertiary/aromatic N) is 6. The van der Waals surface area contributed by atoms with E-state index in [9.17, 15) is 39.5 Å². The lowest BCUT2D eigenvalue weighted by molar-refractivity contribution is -0.193. The van der Waals surface area contributed by atoms with Crippen LogP contribution >= 0.6 is 0 Å². The van der Waals surface area contributed by atoms with E-state index in [0.717, 1.165) is 38.8 Å². The van der Waals surface area contributed by atoms with Crippen LogP contribution in [0.5, 0.6) is 0 Å². The summed E-state index contributed by atoms with van der Waals surface area (Å²) in [6.45, 7) is 11.0. The number of likely N-dealkylation sites (tertiary alicyclic amines) is 1. The van der Waals surface area contributed by atoms with Gasteiger partial charge in [-0.1, -0.05) is 6.92 Å². The van der Waals surface area contributed by atoms with Crippen LogP contribution in [0.3, 0.4) is 0 Å². The van der Waals surface area contributed by atoms with Crippen LogP contribution in [-0.4, -0.2) is 127 Å². The Morgan fingerprint density at radius 3 is 1.72 bits per heavy atom. The maximum atomic E-state index is 10.6. The first-order chi connectivity index (χ1) is 23.0. The molecule has 2 fully saturated rings. The summed E-state index contributed by atoms with van der Waals surface area (Å²) in [5, 5.41) is 25.7. The minimum atomic E-state index is -5.08. The highest BCUT2D eigenvalue weighted by atomic mass is 19.4. The number of aliphatic carboxylic acids is 3. The number of imidazole rings is 1. The van der Waals surface area contributed by atoms with Gasteiger partial charge in [0.05, 0.1) is 23.6 Å². The molecule has 0 unspecified atom stereocenters. The molecule has 50 heavy (non-hydrogen) atoms. The average molecular weight is 741 g/mol. The van der Waals surface area contributed by atoms with Gasteiger partial charge >= 0.3 is 36.4 Å². The van der Waals surface area contributed by atoms with Crippen molar-refractivity contribution in [1.82, 2.24) is 29.1 Å². The molecule has 5 rings (SSSR count). The van der Waals surface area contributed by atoms with Crippen molar-refractivity contribution in [2.75, 3.05) is 45.9 Å². The van der Waals surface area contributed by atoms with E-state index in [1.165, 1.54) is 62.4 Å². The number of rotatable bonds is 4. The number of carboxylic acids is 3. The summed E-state index contributed by atoms with van der Waals surface area (Å²) in [6, 6.07) is 0. The first kappa shape index (κ1) is 42.2. The topological polar surface area (TPSA) is 163 Å². The van der Waals surface area contributed by atoms with Crippen molar-refractivity contribution in [1.29, 1.82) is 0 Å². The number of ether oxygens (including phenoxy) is 1. The third-order valence-electron chi connectivity index (χ3n) is 8.12. The second kappa shape index (κ2) is 17.3. The highest BCUT2D eigenvalue weighted by Crippen LogP contribution is 2.42. The van der Waals surface area contributed by atoms with E-state index in [1.807, 2.05) is 17.9 Å². The fourth-order valence-electron chi connectivity index (χ4n) is 5.73. The van der Waals surface area contributed by atoms with Gasteiger partial charge in [0.1, 0.15) is 5.82 Å². The van der Waals surface area contributed by atoms with Gasteiger partial charge in [-0.2, -0.15) is 44.6 Å². The third-order valence-corrected chi connectivity index (χ3v) is 8.12. The Balaban J connectivity index is 0.000000338. The number of carbonyl (C=O) groups is 3. The zero-order valence-corrected chi connectivity index (χ0v) is 26.9. The number of alkyl halides is 9. The molecule has 0 saturated carbocycles. The minimum absolute atomic E-state index is 0.0830. The molecule has 0 aliphatic carbocycles. The lowest BCUT2D eigenvalue weighted by Gasteiger charge is -2.51. The first-order valence-electron chi connectivity index (χ1n) is 15.0. The number of piperidine rings is 1. The van der Waals surface area contributed by atoms with E-state index in [-0.39, 0.29) is 5.54 Å². The van der Waals surface area contributed by atoms with Crippen molar-refractivity contribution in [3.05, 3.63) is 24.4 Å². The first-order valence-corrected chi connectivity index (χ1v) is 15.0. The normalized spacial score (nSPS) is 18.4. The van der Waals surface area contributed by atoms with Crippen LogP contribution in [-0.2, 0) is 38.3 Å². The molecule has 2 aromatic rings. The van der Waals surface area contributed by atoms with Gasteiger partial charge in [-0.3, -0.25) is 9.58 Å². The van der Waals surface area contributed by atoms with E-state index in [2.05, 4.69) is 38.8 Å². The maximum Gasteiger partial charge on any atom is 0.490 e. The SMILES string of the molecule is CCN1CCn2c(-c3cnn(C)c3)cnc2C12CCN(CC1CCOCC1)CC2.O=C(O)C(F)(F)F.O=C(O)C(F)(F)F.O=C(O)C(F)(F)F. The molecule has 3 aliphatic heterocycles. The van der Waals surface area contributed by atoms with Gasteiger partial charge in [-0.25, -0.2) is 19.4 Å². The molecule has 3 aliphatic rings. The molecule has 3 N–H and O–H groups in total. The van der Waals surface area contributed by atoms with E-state index in [1.54, 1.807) is 0 Å². The Morgan fingerprint density at radius 1 is 0.840 bits per heavy atom. The van der Waals surface area contributed by atoms with Crippen molar-refractivity contribution >= 4 is 17.9 Å². The fourth-order valence-corrected chi connectivity index (χ4v) is 5.73. The number of aromatic nitrogens is 4. The number of carboxylic acid groups (broad SMARTS) is 3. The fraction of sp³-hybridized carbons (Fsp3) is 0.679. The molecule has 2 saturated heterocycles. The highest BCUT2D eigenvalue weighted by Gasteiger charge is 2.47. The Bertz CT molecular complexity index is 1350. The van der Waals surface area contributed by atoms with Gasteiger partial charge in [0, 0.05) is 64.7 Å². The minimum Gasteiger partial charge on any atom is -0.475 e. The number of aryl methyl sites for hydroxylation is 1. The van der Waals surface area contributed by atoms with Gasteiger partial charge in [-0.05, 0) is 38.1 Å². The Kier molecular flexibility index (Phi) is 14.6. The maximum absolute atomic E-state index is 10.6. The standard InChI is InChI=1S/C22H34N6O.3C2HF3O2/c1-3-27-10-11-28-20(19-14-24-25(2)17-19)15-23-21(28)22(27)6-8-26(9-7-22)16-18-4-12-29-13-5-18;3*3-2(4,5)1(6)7/h14-15,17-18H,3-13,16H2,1-2H3;3*(H,6,7). The summed E-state index contributed by atoms with van der Waals surface area (Å²) in [7, 11) is 1.98. The molecule has 2 aromatic heterocycles. The number of halogens is 9. The van der Waals surface area contributed by atoms with E-state index in [0.29, 0.717) is 0 Å². The van der Waals surface area contributed by atoms with Gasteiger partial charge < -0.3 is 29.5 Å². The van der Waals surface area contributed by atoms with Crippen LogP contribution in [0.1, 0.15) is 38.4 Å². The van der Waals surface area contributed by atoms with Crippen LogP contribution in [0.15, 0.2) is 18.6 Å². The zero-order valence-electron chi connectivity index (χ0n) is 26.9. The molecular formula is C28H37F9N6O7. The number of likely N-dealkylation sites (N-methyl/N-ethyl adjacent to an activating group) is 1. The van der Waals surface area contributed by atoms with E-state index < -0.39 is 36.4 Å². The van der Waals surface area contributed by atoms with Crippen molar-refractivity contribution in [3.8, 4) is 11.3 Å². The van der Waals surface area contributed by atoms with Crippen molar-refractivity contribution in [2.45, 2.75) is 63.2 Å². The molecule has 5 heterocycles. The molecule has 0 bridgehead atoms.